The number of halogens is 1. The van der Waals surface area contributed by atoms with Gasteiger partial charge in [0.2, 0.25) is 0 Å². The van der Waals surface area contributed by atoms with Gasteiger partial charge >= 0.3 is 0 Å². The fourth-order valence-corrected chi connectivity index (χ4v) is 3.95. The summed E-state index contributed by atoms with van der Waals surface area (Å²) >= 11 is 0. The van der Waals surface area contributed by atoms with Crippen LogP contribution < -0.4 is 11.1 Å². The molecule has 0 aliphatic heterocycles. The smallest absolute Gasteiger partial charge is 0.272 e. The largest absolute Gasteiger partial charge is 0.404 e. The molecule has 1 fully saturated rings. The summed E-state index contributed by atoms with van der Waals surface area (Å²) in [6.45, 7) is 0.125. The number of H-pyrrole nitrogens is 1. The minimum Gasteiger partial charge on any atom is -0.404 e. The predicted octanol–water partition coefficient (Wildman–Crippen LogP) is 3.08. The number of benzene rings is 1. The van der Waals surface area contributed by atoms with Crippen LogP contribution in [-0.2, 0) is 6.54 Å². The summed E-state index contributed by atoms with van der Waals surface area (Å²) in [6, 6.07) is 4.49. The van der Waals surface area contributed by atoms with Gasteiger partial charge in [-0.2, -0.15) is 0 Å². The highest BCUT2D eigenvalue weighted by atomic mass is 19.1. The number of carbonyl (C=O) groups is 1. The molecule has 4 rings (SSSR count). The van der Waals surface area contributed by atoms with Gasteiger partial charge in [-0.1, -0.05) is 12.8 Å². The van der Waals surface area contributed by atoms with Crippen LogP contribution in [0, 0.1) is 5.82 Å². The quantitative estimate of drug-likeness (QED) is 0.528. The summed E-state index contributed by atoms with van der Waals surface area (Å²) in [6.07, 6.45) is 8.77. The second-order valence-electron chi connectivity index (χ2n) is 7.56. The molecule has 2 heterocycles. The van der Waals surface area contributed by atoms with Crippen LogP contribution in [0.5, 0.6) is 0 Å². The molecule has 1 aliphatic rings. The first-order valence-electron chi connectivity index (χ1n) is 10.2. The van der Waals surface area contributed by atoms with E-state index in [0.717, 1.165) is 18.7 Å². The van der Waals surface area contributed by atoms with E-state index in [1.165, 1.54) is 37.5 Å². The average Bonchev–Trinajstić information content (AvgIpc) is 3.44. The molecule has 1 amide bonds. The van der Waals surface area contributed by atoms with Crippen molar-refractivity contribution in [3.8, 4) is 0 Å². The number of hydrogen-bond acceptors (Lipinski definition) is 6. The number of nitrogens with one attached hydrogen (secondary N) is 2. The van der Waals surface area contributed by atoms with Gasteiger partial charge in [0.25, 0.3) is 5.91 Å². The molecule has 0 radical (unpaired) electrons. The number of hydrogen-bond donors (Lipinski definition) is 3. The van der Waals surface area contributed by atoms with E-state index >= 15 is 0 Å². The molecule has 3 aromatic rings. The lowest BCUT2D eigenvalue weighted by Crippen LogP contribution is -2.24. The van der Waals surface area contributed by atoms with E-state index in [4.69, 9.17) is 5.73 Å². The van der Waals surface area contributed by atoms with Gasteiger partial charge in [0, 0.05) is 37.5 Å². The normalized spacial score (nSPS) is 15.2. The maximum atomic E-state index is 14.1. The molecule has 0 bridgehead atoms. The van der Waals surface area contributed by atoms with E-state index in [-0.39, 0.29) is 18.1 Å². The van der Waals surface area contributed by atoms with Crippen LogP contribution in [0.15, 0.2) is 35.7 Å². The van der Waals surface area contributed by atoms with Gasteiger partial charge in [0.05, 0.1) is 0 Å². The van der Waals surface area contributed by atoms with E-state index in [9.17, 15) is 9.18 Å². The van der Waals surface area contributed by atoms with Crippen LogP contribution in [-0.4, -0.2) is 39.1 Å². The number of imidazole rings is 1. The van der Waals surface area contributed by atoms with Crippen molar-refractivity contribution in [3.05, 3.63) is 59.2 Å². The molecule has 8 nitrogen and oxygen atoms in total. The summed E-state index contributed by atoms with van der Waals surface area (Å²) in [5.41, 5.74) is 8.60. The third-order valence-electron chi connectivity index (χ3n) is 5.46. The van der Waals surface area contributed by atoms with Gasteiger partial charge < -0.3 is 16.0 Å². The van der Waals surface area contributed by atoms with Crippen LogP contribution >= 0.6 is 0 Å². The maximum Gasteiger partial charge on any atom is 0.272 e. The SMILES string of the molecule is CN=CC(=CN)c1cc(F)cc(CNC(=O)c2ncnc3nc(C4CCCC4)[nH]c23)c1. The number of nitrogens with zero attached hydrogens (tertiary/aromatic N) is 4. The standard InChI is InChI=1S/C22H24FN7O/c1-25-11-16(9-24)15-6-13(7-17(23)8-15)10-26-22(31)19-18-21(28-12-27-19)30-20(29-18)14-4-2-3-5-14/h6-9,11-12,14H,2-5,10,24H2,1H3,(H,26,31)(H,27,28,29,30). The summed E-state index contributed by atoms with van der Waals surface area (Å²) in [5.74, 6) is 0.414. The molecule has 0 unspecified atom stereocenters. The highest BCUT2D eigenvalue weighted by molar-refractivity contribution is 6.09. The fraction of sp³-hybridized carbons (Fsp3) is 0.318. The molecule has 160 valence electrons. The molecule has 31 heavy (non-hydrogen) atoms. The first kappa shape index (κ1) is 20.6. The minimum atomic E-state index is -0.426. The van der Waals surface area contributed by atoms with Crippen molar-refractivity contribution in [1.29, 1.82) is 0 Å². The predicted molar refractivity (Wildman–Crippen MR) is 117 cm³/mol. The van der Waals surface area contributed by atoms with Crippen molar-refractivity contribution in [2.75, 3.05) is 7.05 Å². The zero-order valence-electron chi connectivity index (χ0n) is 17.2. The van der Waals surface area contributed by atoms with Crippen molar-refractivity contribution < 1.29 is 9.18 Å². The second-order valence-corrected chi connectivity index (χ2v) is 7.56. The van der Waals surface area contributed by atoms with Gasteiger partial charge in [-0.3, -0.25) is 9.79 Å². The number of nitrogens with two attached hydrogens (primary N) is 1. The number of carbonyl (C=O) groups excluding carboxylic acids is 1. The monoisotopic (exact) mass is 421 g/mol. The Morgan fingerprint density at radius 1 is 1.32 bits per heavy atom. The maximum absolute atomic E-state index is 14.1. The van der Waals surface area contributed by atoms with Crippen LogP contribution in [0.4, 0.5) is 4.39 Å². The summed E-state index contributed by atoms with van der Waals surface area (Å²) in [7, 11) is 1.61. The molecular weight excluding hydrogens is 397 g/mol. The molecule has 0 saturated heterocycles. The fourth-order valence-electron chi connectivity index (χ4n) is 3.95. The van der Waals surface area contributed by atoms with Crippen molar-refractivity contribution in [2.24, 2.45) is 10.7 Å². The lowest BCUT2D eigenvalue weighted by Gasteiger charge is -2.09. The number of aliphatic imine (C=N–C) groups is 1. The minimum absolute atomic E-state index is 0.125. The zero-order chi connectivity index (χ0) is 21.8. The Labute approximate surface area is 178 Å². The first-order chi connectivity index (χ1) is 15.1. The number of rotatable bonds is 6. The molecule has 1 saturated carbocycles. The lowest BCUT2D eigenvalue weighted by atomic mass is 10.0. The van der Waals surface area contributed by atoms with Crippen LogP contribution in [0.3, 0.4) is 0 Å². The van der Waals surface area contributed by atoms with E-state index in [2.05, 4.69) is 30.2 Å². The third kappa shape index (κ3) is 4.45. The van der Waals surface area contributed by atoms with Gasteiger partial charge in [-0.25, -0.2) is 19.3 Å². The molecule has 1 aliphatic carbocycles. The Kier molecular flexibility index (Phi) is 6.01. The average molecular weight is 421 g/mol. The summed E-state index contributed by atoms with van der Waals surface area (Å²) in [5, 5.41) is 2.80. The van der Waals surface area contributed by atoms with Gasteiger partial charge in [-0.15, -0.1) is 0 Å². The number of aromatic nitrogens is 4. The van der Waals surface area contributed by atoms with E-state index in [0.29, 0.717) is 33.8 Å². The Morgan fingerprint density at radius 3 is 2.87 bits per heavy atom. The highest BCUT2D eigenvalue weighted by Gasteiger charge is 2.23. The molecular formula is C22H24FN7O. The van der Waals surface area contributed by atoms with E-state index in [1.807, 2.05) is 0 Å². The van der Waals surface area contributed by atoms with E-state index in [1.54, 1.807) is 19.3 Å². The van der Waals surface area contributed by atoms with Gasteiger partial charge in [0.1, 0.15) is 23.5 Å². The third-order valence-corrected chi connectivity index (χ3v) is 5.46. The van der Waals surface area contributed by atoms with Crippen molar-refractivity contribution in [3.63, 3.8) is 0 Å². The van der Waals surface area contributed by atoms with Crippen LogP contribution in [0.25, 0.3) is 16.7 Å². The topological polar surface area (TPSA) is 122 Å². The zero-order valence-corrected chi connectivity index (χ0v) is 17.2. The number of aromatic amines is 1. The Hall–Kier alpha value is -3.62. The molecule has 0 spiro atoms. The number of fused-ring (bicyclic) bond motifs is 1. The van der Waals surface area contributed by atoms with E-state index < -0.39 is 5.82 Å². The molecule has 1 aromatic carbocycles. The molecule has 9 heteroatoms. The first-order valence-corrected chi connectivity index (χ1v) is 10.2. The van der Waals surface area contributed by atoms with Crippen LogP contribution in [0.2, 0.25) is 0 Å². The number of allylic oxidation sites excluding steroid dienone is 1. The second kappa shape index (κ2) is 9.03. The summed E-state index contributed by atoms with van der Waals surface area (Å²) < 4.78 is 14.1. The number of amides is 1. The highest BCUT2D eigenvalue weighted by Crippen LogP contribution is 2.33. The summed E-state index contributed by atoms with van der Waals surface area (Å²) in [4.78, 5) is 32.9. The molecule has 4 N–H and O–H groups in total. The molecule has 2 aromatic heterocycles. The molecule has 0 atom stereocenters. The van der Waals surface area contributed by atoms with Gasteiger partial charge in [-0.05, 0) is 42.2 Å². The Bertz CT molecular complexity index is 1160. The van der Waals surface area contributed by atoms with Crippen LogP contribution in [0.1, 0.15) is 59.0 Å². The Morgan fingerprint density at radius 2 is 2.13 bits per heavy atom. The lowest BCUT2D eigenvalue weighted by molar-refractivity contribution is 0.0947. The Balaban J connectivity index is 1.54. The van der Waals surface area contributed by atoms with Crippen molar-refractivity contribution in [1.82, 2.24) is 25.3 Å². The van der Waals surface area contributed by atoms with Crippen molar-refractivity contribution >= 4 is 28.9 Å². The van der Waals surface area contributed by atoms with Crippen molar-refractivity contribution in [2.45, 2.75) is 38.1 Å². The van der Waals surface area contributed by atoms with Gasteiger partial charge in [0.15, 0.2) is 11.3 Å².